The van der Waals surface area contributed by atoms with Gasteiger partial charge in [0.15, 0.2) is 5.96 Å². The second kappa shape index (κ2) is 7.86. The summed E-state index contributed by atoms with van der Waals surface area (Å²) in [6.45, 7) is 2.87. The molecule has 1 aromatic carbocycles. The van der Waals surface area contributed by atoms with Gasteiger partial charge < -0.3 is 30.0 Å². The van der Waals surface area contributed by atoms with Gasteiger partial charge in [-0.15, -0.1) is 0 Å². The fraction of sp³-hybridized carbons (Fsp3) is 0.533. The Morgan fingerprint density at radius 3 is 2.73 bits per heavy atom. The van der Waals surface area contributed by atoms with Crippen LogP contribution < -0.4 is 15.2 Å². The topological polar surface area (TPSA) is 89.5 Å². The van der Waals surface area contributed by atoms with Gasteiger partial charge >= 0.3 is 0 Å². The molecule has 0 aromatic heterocycles. The van der Waals surface area contributed by atoms with Crippen LogP contribution in [0.25, 0.3) is 0 Å². The second-order valence-corrected chi connectivity index (χ2v) is 4.92. The van der Waals surface area contributed by atoms with Gasteiger partial charge in [0, 0.05) is 18.7 Å². The highest BCUT2D eigenvalue weighted by Gasteiger charge is 2.16. The van der Waals surface area contributed by atoms with E-state index in [0.717, 1.165) is 0 Å². The summed E-state index contributed by atoms with van der Waals surface area (Å²) in [4.78, 5) is 6.22. The second-order valence-electron chi connectivity index (χ2n) is 4.92. The molecule has 3 N–H and O–H groups in total. The number of morpholine rings is 1. The number of methoxy groups -OCH3 is 2. The van der Waals surface area contributed by atoms with E-state index in [2.05, 4.69) is 4.99 Å². The van der Waals surface area contributed by atoms with Crippen LogP contribution in [0.3, 0.4) is 0 Å². The van der Waals surface area contributed by atoms with E-state index in [-0.39, 0.29) is 6.54 Å². The molecule has 0 radical (unpaired) electrons. The van der Waals surface area contributed by atoms with Crippen molar-refractivity contribution in [3.63, 3.8) is 0 Å². The standard InChI is InChI=1S/C15H23N3O4/c1-20-11-3-4-14(21-2)12(9-11)13(19)10-17-15(16)18-5-7-22-8-6-18/h3-4,9,13,19H,5-8,10H2,1-2H3,(H2,16,17). The van der Waals surface area contributed by atoms with Crippen molar-refractivity contribution in [1.29, 1.82) is 0 Å². The number of aliphatic hydroxyl groups is 1. The largest absolute Gasteiger partial charge is 0.497 e. The molecule has 1 unspecified atom stereocenters. The van der Waals surface area contributed by atoms with Crippen LogP contribution in [0.15, 0.2) is 23.2 Å². The third-order valence-corrected chi connectivity index (χ3v) is 3.56. The lowest BCUT2D eigenvalue weighted by Crippen LogP contribution is -2.45. The molecule has 1 fully saturated rings. The average Bonchev–Trinajstić information content (AvgIpc) is 2.59. The smallest absolute Gasteiger partial charge is 0.191 e. The summed E-state index contributed by atoms with van der Waals surface area (Å²) in [6, 6.07) is 5.27. The Kier molecular flexibility index (Phi) is 5.85. The summed E-state index contributed by atoms with van der Waals surface area (Å²) in [5.74, 6) is 1.66. The maximum absolute atomic E-state index is 10.4. The molecule has 1 heterocycles. The number of rotatable bonds is 5. The number of aliphatic hydroxyl groups excluding tert-OH is 1. The molecule has 0 aliphatic carbocycles. The van der Waals surface area contributed by atoms with Crippen LogP contribution in [0.2, 0.25) is 0 Å². The molecule has 0 saturated carbocycles. The summed E-state index contributed by atoms with van der Waals surface area (Å²) in [5, 5.41) is 10.4. The van der Waals surface area contributed by atoms with Crippen molar-refractivity contribution in [3.05, 3.63) is 23.8 Å². The SMILES string of the molecule is COc1ccc(OC)c(C(O)CN=C(N)N2CCOCC2)c1. The molecule has 2 rings (SSSR count). The lowest BCUT2D eigenvalue weighted by Gasteiger charge is -2.27. The number of guanidine groups is 1. The highest BCUT2D eigenvalue weighted by Crippen LogP contribution is 2.29. The first kappa shape index (κ1) is 16.4. The highest BCUT2D eigenvalue weighted by atomic mass is 16.5. The van der Waals surface area contributed by atoms with Gasteiger partial charge in [-0.2, -0.15) is 0 Å². The Balaban J connectivity index is 2.06. The minimum atomic E-state index is -0.815. The van der Waals surface area contributed by atoms with E-state index in [0.29, 0.717) is 49.3 Å². The molecule has 1 aromatic rings. The minimum absolute atomic E-state index is 0.159. The molecule has 0 bridgehead atoms. The zero-order valence-corrected chi connectivity index (χ0v) is 13.0. The van der Waals surface area contributed by atoms with E-state index < -0.39 is 6.10 Å². The van der Waals surface area contributed by atoms with Gasteiger partial charge in [0.25, 0.3) is 0 Å². The van der Waals surface area contributed by atoms with Gasteiger partial charge in [0.2, 0.25) is 0 Å². The van der Waals surface area contributed by atoms with E-state index in [1.807, 2.05) is 4.90 Å². The molecule has 7 nitrogen and oxygen atoms in total. The van der Waals surface area contributed by atoms with Crippen molar-refractivity contribution in [2.45, 2.75) is 6.10 Å². The summed E-state index contributed by atoms with van der Waals surface area (Å²) >= 11 is 0. The zero-order valence-electron chi connectivity index (χ0n) is 13.0. The van der Waals surface area contributed by atoms with Crippen molar-refractivity contribution in [2.24, 2.45) is 10.7 Å². The Morgan fingerprint density at radius 1 is 1.36 bits per heavy atom. The molecule has 7 heteroatoms. The Hall–Kier alpha value is -1.99. The van der Waals surface area contributed by atoms with Crippen LogP contribution >= 0.6 is 0 Å². The molecule has 122 valence electrons. The van der Waals surface area contributed by atoms with E-state index in [4.69, 9.17) is 19.9 Å². The molecule has 0 amide bonds. The number of nitrogens with two attached hydrogens (primary N) is 1. The monoisotopic (exact) mass is 309 g/mol. The number of benzene rings is 1. The van der Waals surface area contributed by atoms with Crippen LogP contribution in [0.1, 0.15) is 11.7 Å². The van der Waals surface area contributed by atoms with E-state index in [1.165, 1.54) is 0 Å². The molecule has 1 aliphatic rings. The van der Waals surface area contributed by atoms with Gasteiger partial charge in [-0.1, -0.05) is 0 Å². The van der Waals surface area contributed by atoms with Crippen LogP contribution in [0.4, 0.5) is 0 Å². The quantitative estimate of drug-likeness (QED) is 0.604. The Morgan fingerprint density at radius 2 is 2.09 bits per heavy atom. The first-order valence-electron chi connectivity index (χ1n) is 7.18. The number of nitrogens with zero attached hydrogens (tertiary/aromatic N) is 2. The average molecular weight is 309 g/mol. The van der Waals surface area contributed by atoms with Gasteiger partial charge in [-0.3, -0.25) is 4.99 Å². The Bertz CT molecular complexity index is 516. The van der Waals surface area contributed by atoms with E-state index in [1.54, 1.807) is 32.4 Å². The first-order chi connectivity index (χ1) is 10.7. The maximum Gasteiger partial charge on any atom is 0.191 e. The number of hydrogen-bond donors (Lipinski definition) is 2. The molecular weight excluding hydrogens is 286 g/mol. The van der Waals surface area contributed by atoms with E-state index in [9.17, 15) is 5.11 Å². The number of ether oxygens (including phenoxy) is 3. The molecule has 0 spiro atoms. The van der Waals surface area contributed by atoms with Gasteiger partial charge in [-0.05, 0) is 18.2 Å². The summed E-state index contributed by atoms with van der Waals surface area (Å²) in [5.41, 5.74) is 6.58. The zero-order chi connectivity index (χ0) is 15.9. The van der Waals surface area contributed by atoms with Crippen LogP contribution in [-0.2, 0) is 4.74 Å². The van der Waals surface area contributed by atoms with Crippen LogP contribution in [0, 0.1) is 0 Å². The molecular formula is C15H23N3O4. The number of hydrogen-bond acceptors (Lipinski definition) is 5. The van der Waals surface area contributed by atoms with Crippen molar-refractivity contribution < 1.29 is 19.3 Å². The first-order valence-corrected chi connectivity index (χ1v) is 7.18. The summed E-state index contributed by atoms with van der Waals surface area (Å²) in [6.07, 6.45) is -0.815. The number of aliphatic imine (C=N–C) groups is 1. The van der Waals surface area contributed by atoms with Gasteiger partial charge in [-0.25, -0.2) is 0 Å². The highest BCUT2D eigenvalue weighted by molar-refractivity contribution is 5.78. The lowest BCUT2D eigenvalue weighted by atomic mass is 10.1. The Labute approximate surface area is 130 Å². The van der Waals surface area contributed by atoms with E-state index >= 15 is 0 Å². The summed E-state index contributed by atoms with van der Waals surface area (Å²) in [7, 11) is 3.13. The fourth-order valence-electron chi connectivity index (χ4n) is 2.27. The third-order valence-electron chi connectivity index (χ3n) is 3.56. The minimum Gasteiger partial charge on any atom is -0.497 e. The van der Waals surface area contributed by atoms with Crippen LogP contribution in [-0.4, -0.2) is 63.0 Å². The normalized spacial score (nSPS) is 17.2. The molecule has 1 atom stereocenters. The fourth-order valence-corrected chi connectivity index (χ4v) is 2.27. The lowest BCUT2D eigenvalue weighted by molar-refractivity contribution is 0.0672. The van der Waals surface area contributed by atoms with Crippen LogP contribution in [0.5, 0.6) is 11.5 Å². The van der Waals surface area contributed by atoms with Crippen molar-refractivity contribution in [3.8, 4) is 11.5 Å². The summed E-state index contributed by atoms with van der Waals surface area (Å²) < 4.78 is 15.7. The molecule has 22 heavy (non-hydrogen) atoms. The van der Waals surface area contributed by atoms with Gasteiger partial charge in [0.1, 0.15) is 17.6 Å². The predicted molar refractivity (Wildman–Crippen MR) is 83.4 cm³/mol. The van der Waals surface area contributed by atoms with Crippen molar-refractivity contribution >= 4 is 5.96 Å². The maximum atomic E-state index is 10.4. The molecule has 1 aliphatic heterocycles. The van der Waals surface area contributed by atoms with Crippen molar-refractivity contribution in [1.82, 2.24) is 4.90 Å². The third kappa shape index (κ3) is 4.02. The predicted octanol–water partition coefficient (Wildman–Crippen LogP) is 0.384. The van der Waals surface area contributed by atoms with Gasteiger partial charge in [0.05, 0.1) is 34.0 Å². The van der Waals surface area contributed by atoms with Crippen molar-refractivity contribution in [2.75, 3.05) is 47.1 Å². The molecule has 1 saturated heterocycles.